The molecule has 88 valence electrons. The second kappa shape index (κ2) is 6.83. The lowest BCUT2D eigenvalue weighted by Gasteiger charge is -2.00. The van der Waals surface area contributed by atoms with Crippen molar-refractivity contribution < 1.29 is 9.90 Å². The van der Waals surface area contributed by atoms with Gasteiger partial charge in [-0.1, -0.05) is 13.0 Å². The Hall–Kier alpha value is -0.650. The third kappa shape index (κ3) is 4.47. The van der Waals surface area contributed by atoms with Gasteiger partial charge in [0.15, 0.2) is 0 Å². The Balaban J connectivity index is 2.33. The molecule has 0 aliphatic rings. The number of carboxylic acids is 1. The van der Waals surface area contributed by atoms with E-state index in [1.54, 1.807) is 17.4 Å². The summed E-state index contributed by atoms with van der Waals surface area (Å²) in [4.78, 5) is 11.9. The summed E-state index contributed by atoms with van der Waals surface area (Å²) in [6.07, 6.45) is 2.28. The molecule has 0 aliphatic heterocycles. The van der Waals surface area contributed by atoms with Crippen molar-refractivity contribution in [2.24, 2.45) is 0 Å². The van der Waals surface area contributed by atoms with Crippen LogP contribution in [0.1, 0.15) is 18.2 Å². The smallest absolute Gasteiger partial charge is 0.331 e. The lowest BCUT2D eigenvalue weighted by Crippen LogP contribution is -2.13. The second-order valence-electron chi connectivity index (χ2n) is 3.22. The van der Waals surface area contributed by atoms with Gasteiger partial charge in [-0.15, -0.1) is 11.3 Å². The number of thiophene rings is 1. The number of carbonyl (C=O) groups is 1. The zero-order valence-corrected chi connectivity index (χ0v) is 11.4. The zero-order valence-electron chi connectivity index (χ0n) is 9.00. The van der Waals surface area contributed by atoms with Crippen LogP contribution in [0, 0.1) is 0 Å². The molecule has 0 fully saturated rings. The largest absolute Gasteiger partial charge is 0.478 e. The first kappa shape index (κ1) is 13.4. The molecule has 0 spiro atoms. The van der Waals surface area contributed by atoms with E-state index in [2.05, 4.69) is 21.2 Å². The first-order valence-electron chi connectivity index (χ1n) is 5.00. The van der Waals surface area contributed by atoms with Crippen molar-refractivity contribution in [3.8, 4) is 0 Å². The normalized spacial score (nSPS) is 11.8. The van der Waals surface area contributed by atoms with Gasteiger partial charge in [-0.3, -0.25) is 0 Å². The Labute approximate surface area is 107 Å². The van der Waals surface area contributed by atoms with Crippen molar-refractivity contribution in [2.75, 3.05) is 6.54 Å². The van der Waals surface area contributed by atoms with Crippen molar-refractivity contribution in [1.82, 2.24) is 5.32 Å². The maximum absolute atomic E-state index is 10.7. The van der Waals surface area contributed by atoms with Crippen LogP contribution in [0.5, 0.6) is 0 Å². The fourth-order valence-electron chi connectivity index (χ4n) is 1.22. The first-order valence-corrected chi connectivity index (χ1v) is 6.61. The number of hydrogen-bond donors (Lipinski definition) is 2. The number of aliphatic carboxylic acids is 1. The van der Waals surface area contributed by atoms with Gasteiger partial charge < -0.3 is 10.4 Å². The number of rotatable bonds is 6. The van der Waals surface area contributed by atoms with Crippen molar-refractivity contribution in [3.05, 3.63) is 32.4 Å². The van der Waals surface area contributed by atoms with Crippen molar-refractivity contribution >= 4 is 33.2 Å². The summed E-state index contributed by atoms with van der Waals surface area (Å²) >= 11 is 5.07. The number of halogens is 1. The molecule has 1 aromatic heterocycles. The summed E-state index contributed by atoms with van der Waals surface area (Å²) in [7, 11) is 0. The average molecular weight is 304 g/mol. The topological polar surface area (TPSA) is 49.3 Å². The first-order chi connectivity index (χ1) is 7.63. The van der Waals surface area contributed by atoms with E-state index < -0.39 is 5.97 Å². The summed E-state index contributed by atoms with van der Waals surface area (Å²) in [5.41, 5.74) is 0.458. The number of hydrogen-bond acceptors (Lipinski definition) is 3. The van der Waals surface area contributed by atoms with Gasteiger partial charge in [-0.25, -0.2) is 4.79 Å². The Morgan fingerprint density at radius 2 is 2.38 bits per heavy atom. The molecule has 0 saturated carbocycles. The Kier molecular flexibility index (Phi) is 5.73. The third-order valence-corrected chi connectivity index (χ3v) is 3.70. The fourth-order valence-corrected chi connectivity index (χ4v) is 2.67. The summed E-state index contributed by atoms with van der Waals surface area (Å²) < 4.78 is 1.11. The van der Waals surface area contributed by atoms with Gasteiger partial charge in [0.1, 0.15) is 0 Å². The van der Waals surface area contributed by atoms with Crippen molar-refractivity contribution in [3.63, 3.8) is 0 Å². The second-order valence-corrected chi connectivity index (χ2v) is 5.77. The van der Waals surface area contributed by atoms with E-state index in [9.17, 15) is 4.79 Å². The zero-order chi connectivity index (χ0) is 12.0. The molecule has 16 heavy (non-hydrogen) atoms. The SMILES string of the molecule is CC/C(=C/CNCc1ccc(Br)s1)C(=O)O. The van der Waals surface area contributed by atoms with Gasteiger partial charge in [-0.2, -0.15) is 0 Å². The Morgan fingerprint density at radius 1 is 1.62 bits per heavy atom. The summed E-state index contributed by atoms with van der Waals surface area (Å²) in [6.45, 7) is 3.20. The minimum absolute atomic E-state index is 0.458. The average Bonchev–Trinajstić information content (AvgIpc) is 2.64. The molecular formula is C11H14BrNO2S. The minimum atomic E-state index is -0.830. The van der Waals surface area contributed by atoms with Crippen LogP contribution in [-0.4, -0.2) is 17.6 Å². The highest BCUT2D eigenvalue weighted by molar-refractivity contribution is 9.11. The predicted molar refractivity (Wildman–Crippen MR) is 69.7 cm³/mol. The molecule has 0 unspecified atom stereocenters. The van der Waals surface area contributed by atoms with Crippen LogP contribution in [0.3, 0.4) is 0 Å². The lowest BCUT2D eigenvalue weighted by atomic mass is 10.2. The molecule has 3 nitrogen and oxygen atoms in total. The highest BCUT2D eigenvalue weighted by atomic mass is 79.9. The molecule has 1 aromatic rings. The molecule has 5 heteroatoms. The highest BCUT2D eigenvalue weighted by Crippen LogP contribution is 2.21. The Bertz CT molecular complexity index is 387. The van der Waals surface area contributed by atoms with Gasteiger partial charge in [0.2, 0.25) is 0 Å². The van der Waals surface area contributed by atoms with Crippen molar-refractivity contribution in [2.45, 2.75) is 19.9 Å². The summed E-state index contributed by atoms with van der Waals surface area (Å²) in [6, 6.07) is 4.05. The van der Waals surface area contributed by atoms with Crippen LogP contribution in [-0.2, 0) is 11.3 Å². The van der Waals surface area contributed by atoms with E-state index in [-0.39, 0.29) is 0 Å². The minimum Gasteiger partial charge on any atom is -0.478 e. The van der Waals surface area contributed by atoms with E-state index in [1.807, 2.05) is 19.1 Å². The highest BCUT2D eigenvalue weighted by Gasteiger charge is 2.02. The van der Waals surface area contributed by atoms with E-state index in [4.69, 9.17) is 5.11 Å². The molecule has 0 radical (unpaired) electrons. The van der Waals surface area contributed by atoms with Crippen LogP contribution < -0.4 is 5.32 Å². The monoisotopic (exact) mass is 303 g/mol. The molecule has 0 saturated heterocycles. The van der Waals surface area contributed by atoms with E-state index in [0.717, 1.165) is 10.3 Å². The van der Waals surface area contributed by atoms with Gasteiger partial charge in [0.25, 0.3) is 0 Å². The molecule has 2 N–H and O–H groups in total. The summed E-state index contributed by atoms with van der Waals surface area (Å²) in [5.74, 6) is -0.830. The molecule has 0 bridgehead atoms. The lowest BCUT2D eigenvalue weighted by molar-refractivity contribution is -0.132. The molecule has 1 rings (SSSR count). The molecule has 0 aromatic carbocycles. The van der Waals surface area contributed by atoms with Crippen LogP contribution in [0.25, 0.3) is 0 Å². The van der Waals surface area contributed by atoms with Crippen molar-refractivity contribution in [1.29, 1.82) is 0 Å². The molecule has 0 aliphatic carbocycles. The molecular weight excluding hydrogens is 290 g/mol. The molecule has 1 heterocycles. The third-order valence-electron chi connectivity index (χ3n) is 2.08. The molecule has 0 amide bonds. The van der Waals surface area contributed by atoms with Crippen LogP contribution in [0.2, 0.25) is 0 Å². The van der Waals surface area contributed by atoms with E-state index in [1.165, 1.54) is 4.88 Å². The van der Waals surface area contributed by atoms with Gasteiger partial charge in [-0.05, 0) is 34.5 Å². The van der Waals surface area contributed by atoms with E-state index in [0.29, 0.717) is 18.5 Å². The predicted octanol–water partition coefficient (Wildman–Crippen LogP) is 3.02. The standard InChI is InChI=1S/C11H14BrNO2S/c1-2-8(11(14)15)5-6-13-7-9-3-4-10(12)16-9/h3-5,13H,2,6-7H2,1H3,(H,14,15)/b8-5-. The number of nitrogens with one attached hydrogen (secondary N) is 1. The summed E-state index contributed by atoms with van der Waals surface area (Å²) in [5, 5.41) is 12.0. The quantitative estimate of drug-likeness (QED) is 0.627. The van der Waals surface area contributed by atoms with Crippen LogP contribution in [0.4, 0.5) is 0 Å². The van der Waals surface area contributed by atoms with Crippen LogP contribution >= 0.6 is 27.3 Å². The maximum Gasteiger partial charge on any atom is 0.331 e. The van der Waals surface area contributed by atoms with Gasteiger partial charge >= 0.3 is 5.97 Å². The maximum atomic E-state index is 10.7. The Morgan fingerprint density at radius 3 is 2.88 bits per heavy atom. The molecule has 0 atom stereocenters. The van der Waals surface area contributed by atoms with Gasteiger partial charge in [0.05, 0.1) is 3.79 Å². The van der Waals surface area contributed by atoms with E-state index >= 15 is 0 Å². The van der Waals surface area contributed by atoms with Gasteiger partial charge in [0, 0.05) is 23.5 Å². The number of carboxylic acid groups (broad SMARTS) is 1. The fraction of sp³-hybridized carbons (Fsp3) is 0.364. The van der Waals surface area contributed by atoms with Crippen LogP contribution in [0.15, 0.2) is 27.6 Å².